The fourth-order valence-corrected chi connectivity index (χ4v) is 6.15. The zero-order chi connectivity index (χ0) is 30.0. The highest BCUT2D eigenvalue weighted by atomic mass is 16.5. The van der Waals surface area contributed by atoms with E-state index in [2.05, 4.69) is 82.8 Å². The highest BCUT2D eigenvalue weighted by Gasteiger charge is 2.30. The van der Waals surface area contributed by atoms with E-state index in [-0.39, 0.29) is 11.5 Å². The largest absolute Gasteiger partial charge is 0.454 e. The summed E-state index contributed by atoms with van der Waals surface area (Å²) >= 11 is 0. The van der Waals surface area contributed by atoms with E-state index in [0.717, 1.165) is 46.8 Å². The molecule has 1 N–H and O–H groups in total. The maximum Gasteiger partial charge on any atom is 0.210 e. The number of anilines is 2. The summed E-state index contributed by atoms with van der Waals surface area (Å²) in [7, 11) is 1.97. The molecule has 1 aliphatic carbocycles. The molecule has 2 aliphatic rings. The van der Waals surface area contributed by atoms with Crippen molar-refractivity contribution in [3.63, 3.8) is 0 Å². The molecule has 10 heteroatoms. The summed E-state index contributed by atoms with van der Waals surface area (Å²) in [5.74, 6) is 3.29. The Morgan fingerprint density at radius 2 is 1.75 bits per heavy atom. The third kappa shape index (κ3) is 4.79. The monoisotopic (exact) mass is 588 g/mol. The van der Waals surface area contributed by atoms with Crippen LogP contribution in [-0.2, 0) is 17.2 Å². The van der Waals surface area contributed by atoms with Gasteiger partial charge in [-0.05, 0) is 49.4 Å². The molecule has 1 aliphatic heterocycles. The second-order valence-corrected chi connectivity index (χ2v) is 13.0. The zero-order valence-corrected chi connectivity index (χ0v) is 25.5. The van der Waals surface area contributed by atoms with Gasteiger partial charge in [-0.3, -0.25) is 9.25 Å². The van der Waals surface area contributed by atoms with Crippen LogP contribution in [-0.4, -0.2) is 47.1 Å². The van der Waals surface area contributed by atoms with Crippen molar-refractivity contribution in [2.24, 2.45) is 7.05 Å². The Balaban J connectivity index is 1.07. The molecule has 44 heavy (non-hydrogen) atoms. The Morgan fingerprint density at radius 1 is 0.955 bits per heavy atom. The first kappa shape index (κ1) is 26.9. The van der Waals surface area contributed by atoms with E-state index in [1.165, 1.54) is 18.5 Å². The van der Waals surface area contributed by atoms with Crippen LogP contribution in [0.4, 0.5) is 11.8 Å². The van der Waals surface area contributed by atoms with Crippen LogP contribution in [0.1, 0.15) is 63.4 Å². The normalized spacial score (nSPS) is 17.1. The smallest absolute Gasteiger partial charge is 0.210 e. The van der Waals surface area contributed by atoms with Crippen molar-refractivity contribution in [2.75, 3.05) is 18.5 Å². The number of aromatic nitrogens is 7. The van der Waals surface area contributed by atoms with Gasteiger partial charge in [0.1, 0.15) is 17.1 Å². The number of para-hydroxylation sites is 1. The van der Waals surface area contributed by atoms with E-state index in [4.69, 9.17) is 24.5 Å². The highest BCUT2D eigenvalue weighted by molar-refractivity contribution is 5.82. The Labute approximate surface area is 255 Å². The van der Waals surface area contributed by atoms with Gasteiger partial charge in [0.2, 0.25) is 5.95 Å². The average Bonchev–Trinajstić information content (AvgIpc) is 3.33. The summed E-state index contributed by atoms with van der Waals surface area (Å²) < 4.78 is 18.3. The van der Waals surface area contributed by atoms with Crippen LogP contribution in [0.15, 0.2) is 67.0 Å². The van der Waals surface area contributed by atoms with Gasteiger partial charge in [-0.2, -0.15) is 10.1 Å². The van der Waals surface area contributed by atoms with E-state index >= 15 is 0 Å². The predicted octanol–water partition coefficient (Wildman–Crippen LogP) is 7.18. The number of imidazole rings is 1. The Hall–Kier alpha value is -4.70. The van der Waals surface area contributed by atoms with Crippen LogP contribution < -0.4 is 10.1 Å². The van der Waals surface area contributed by atoms with Crippen LogP contribution in [0.2, 0.25) is 0 Å². The molecule has 0 amide bonds. The first-order chi connectivity index (χ1) is 21.3. The molecule has 8 rings (SSSR count). The summed E-state index contributed by atoms with van der Waals surface area (Å²) in [6.07, 6.45) is 6.90. The minimum atomic E-state index is -0.0584. The Bertz CT molecular complexity index is 1990. The summed E-state index contributed by atoms with van der Waals surface area (Å²) in [4.78, 5) is 14.2. The van der Waals surface area contributed by atoms with Gasteiger partial charge in [0.15, 0.2) is 11.5 Å². The molecule has 6 aromatic rings. The van der Waals surface area contributed by atoms with Crippen LogP contribution in [0, 0.1) is 0 Å². The van der Waals surface area contributed by atoms with Crippen LogP contribution in [0.5, 0.6) is 11.5 Å². The number of nitrogens with one attached hydrogen (secondary N) is 1. The second kappa shape index (κ2) is 10.2. The number of hydrogen-bond donors (Lipinski definition) is 1. The van der Waals surface area contributed by atoms with E-state index < -0.39 is 0 Å². The zero-order valence-electron chi connectivity index (χ0n) is 25.5. The number of fused-ring (bicyclic) bond motifs is 2. The van der Waals surface area contributed by atoms with E-state index in [1.807, 2.05) is 23.7 Å². The van der Waals surface area contributed by atoms with E-state index in [0.29, 0.717) is 35.6 Å². The summed E-state index contributed by atoms with van der Waals surface area (Å²) in [6, 6.07) is 19.1. The molecule has 224 valence electrons. The topological polar surface area (TPSA) is 96.8 Å². The minimum Gasteiger partial charge on any atom is -0.454 e. The molecule has 6 heterocycles. The fraction of sp³-hybridized carbons (Fsp3) is 0.353. The van der Waals surface area contributed by atoms with Gasteiger partial charge in [0, 0.05) is 53.7 Å². The van der Waals surface area contributed by atoms with Gasteiger partial charge in [0.05, 0.1) is 30.6 Å². The molecule has 0 unspecified atom stereocenters. The molecular formula is C34H36N8O2. The Kier molecular flexibility index (Phi) is 6.23. The van der Waals surface area contributed by atoms with Crippen LogP contribution in [0.3, 0.4) is 0 Å². The second-order valence-electron chi connectivity index (χ2n) is 13.0. The first-order valence-corrected chi connectivity index (χ1v) is 15.3. The molecule has 1 saturated carbocycles. The van der Waals surface area contributed by atoms with Crippen molar-refractivity contribution in [3.05, 3.63) is 78.4 Å². The molecule has 10 nitrogen and oxygen atoms in total. The molecule has 1 aromatic carbocycles. The molecule has 1 atom stereocenters. The minimum absolute atomic E-state index is 0.0584. The van der Waals surface area contributed by atoms with Gasteiger partial charge in [0.25, 0.3) is 0 Å². The number of aryl methyl sites for hydroxylation is 1. The fourth-order valence-electron chi connectivity index (χ4n) is 6.15. The SMILES string of the molecule is Cn1c(Nc2cc(C(C)(C)C)n([C@H]3CCOC3)n2)nc2ncc(Oc3cnc4c(c3)cc(C3CC3)n4-c3ccccc3)cc21. The molecule has 5 aromatic heterocycles. The van der Waals surface area contributed by atoms with Crippen molar-refractivity contribution in [3.8, 4) is 17.2 Å². The molecule has 2 fully saturated rings. The number of nitrogens with zero attached hydrogens (tertiary/aromatic N) is 7. The summed E-state index contributed by atoms with van der Waals surface area (Å²) in [5.41, 5.74) is 5.97. The number of ether oxygens (including phenoxy) is 2. The maximum atomic E-state index is 6.30. The van der Waals surface area contributed by atoms with Gasteiger partial charge < -0.3 is 19.4 Å². The van der Waals surface area contributed by atoms with Crippen LogP contribution >= 0.6 is 0 Å². The van der Waals surface area contributed by atoms with E-state index in [9.17, 15) is 0 Å². The Morgan fingerprint density at radius 3 is 2.50 bits per heavy atom. The third-order valence-corrected chi connectivity index (χ3v) is 8.60. The van der Waals surface area contributed by atoms with Gasteiger partial charge >= 0.3 is 0 Å². The number of hydrogen-bond acceptors (Lipinski definition) is 7. The van der Waals surface area contributed by atoms with E-state index in [1.54, 1.807) is 12.4 Å². The van der Waals surface area contributed by atoms with Gasteiger partial charge in [-0.25, -0.2) is 9.97 Å². The summed E-state index contributed by atoms with van der Waals surface area (Å²) in [5, 5.41) is 9.41. The first-order valence-electron chi connectivity index (χ1n) is 15.3. The lowest BCUT2D eigenvalue weighted by atomic mass is 9.91. The maximum absolute atomic E-state index is 6.30. The third-order valence-electron chi connectivity index (χ3n) is 8.60. The predicted molar refractivity (Wildman–Crippen MR) is 170 cm³/mol. The lowest BCUT2D eigenvalue weighted by Gasteiger charge is -2.22. The van der Waals surface area contributed by atoms with Crippen molar-refractivity contribution < 1.29 is 9.47 Å². The lowest BCUT2D eigenvalue weighted by Crippen LogP contribution is -2.22. The van der Waals surface area contributed by atoms with Crippen molar-refractivity contribution in [2.45, 2.75) is 57.4 Å². The molecule has 0 bridgehead atoms. The number of pyridine rings is 2. The van der Waals surface area contributed by atoms with Gasteiger partial charge in [-0.1, -0.05) is 39.0 Å². The quantitative estimate of drug-likeness (QED) is 0.211. The van der Waals surface area contributed by atoms with Crippen molar-refractivity contribution in [1.82, 2.24) is 33.9 Å². The molecule has 0 radical (unpaired) electrons. The van der Waals surface area contributed by atoms with Crippen molar-refractivity contribution >= 4 is 34.0 Å². The average molecular weight is 589 g/mol. The summed E-state index contributed by atoms with van der Waals surface area (Å²) in [6.45, 7) is 8.08. The van der Waals surface area contributed by atoms with Crippen LogP contribution in [0.25, 0.3) is 27.9 Å². The number of rotatable bonds is 7. The molecule has 0 spiro atoms. The highest BCUT2D eigenvalue weighted by Crippen LogP contribution is 2.43. The standard InChI is InChI=1S/C34H36N8O2/c1-34(2,3)29-17-30(39-42(29)24-12-13-43-20-24)37-33-38-31-28(40(33)4)16-26(18-35-31)44-25-14-22-15-27(21-10-11-21)41(32(22)36-19-25)23-8-6-5-7-9-23/h5-9,14-19,21,24H,10-13,20H2,1-4H3,(H,35,37,38,39)/t24-/m0/s1. The van der Waals surface area contributed by atoms with Gasteiger partial charge in [-0.15, -0.1) is 0 Å². The molecule has 1 saturated heterocycles. The number of benzene rings is 1. The van der Waals surface area contributed by atoms with Crippen molar-refractivity contribution in [1.29, 1.82) is 0 Å². The molecular weight excluding hydrogens is 552 g/mol. The lowest BCUT2D eigenvalue weighted by molar-refractivity contribution is 0.183.